The van der Waals surface area contributed by atoms with E-state index in [1.807, 2.05) is 0 Å². The van der Waals surface area contributed by atoms with Gasteiger partial charge in [-0.2, -0.15) is 0 Å². The normalized spacial score (nSPS) is 20.4. The summed E-state index contributed by atoms with van der Waals surface area (Å²) in [6, 6.07) is 0. The molecule has 1 aliphatic heterocycles. The molecule has 1 rings (SSSR count). The fraction of sp³-hybridized carbons (Fsp3) is 0.833. The number of nitrogens with zero attached hydrogens (tertiary/aromatic N) is 1. The Kier molecular flexibility index (Phi) is 6.41. The van der Waals surface area contributed by atoms with Crippen LogP contribution in [-0.2, 0) is 24.3 Å². The van der Waals surface area contributed by atoms with Crippen LogP contribution in [0.4, 0.5) is 0 Å². The third kappa shape index (κ3) is 5.46. The van der Waals surface area contributed by atoms with Crippen molar-refractivity contribution in [3.63, 3.8) is 0 Å². The zero-order chi connectivity index (χ0) is 15.2. The van der Waals surface area contributed by atoms with Crippen LogP contribution in [0.1, 0.15) is 26.2 Å². The van der Waals surface area contributed by atoms with E-state index in [0.717, 1.165) is 6.26 Å². The van der Waals surface area contributed by atoms with E-state index in [2.05, 4.69) is 5.32 Å². The Morgan fingerprint density at radius 1 is 1.40 bits per heavy atom. The predicted molar refractivity (Wildman–Crippen MR) is 73.4 cm³/mol. The molecule has 1 saturated heterocycles. The van der Waals surface area contributed by atoms with Gasteiger partial charge in [0.1, 0.15) is 0 Å². The fourth-order valence-electron chi connectivity index (χ4n) is 2.12. The first kappa shape index (κ1) is 16.9. The molecule has 8 heteroatoms. The Morgan fingerprint density at radius 3 is 2.70 bits per heavy atom. The molecule has 0 aromatic carbocycles. The lowest BCUT2D eigenvalue weighted by molar-refractivity contribution is -0.143. The minimum atomic E-state index is -3.25. The molecule has 1 atom stereocenters. The van der Waals surface area contributed by atoms with Crippen molar-refractivity contribution in [3.05, 3.63) is 0 Å². The number of hydrogen-bond acceptors (Lipinski definition) is 5. The Bertz CT molecular complexity index is 449. The molecule has 0 bridgehead atoms. The van der Waals surface area contributed by atoms with Crippen LogP contribution in [0.25, 0.3) is 0 Å². The van der Waals surface area contributed by atoms with Gasteiger partial charge in [-0.3, -0.25) is 9.59 Å². The molecule has 1 fully saturated rings. The molecule has 0 saturated carbocycles. The summed E-state index contributed by atoms with van der Waals surface area (Å²) < 4.78 is 29.0. The van der Waals surface area contributed by atoms with Gasteiger partial charge in [0.2, 0.25) is 15.9 Å². The SMILES string of the molecule is CCOC(=O)CCNC(=O)C1CCCN(S(C)(=O)=O)C1. The van der Waals surface area contributed by atoms with E-state index >= 15 is 0 Å². The first-order valence-electron chi connectivity index (χ1n) is 6.73. The maximum atomic E-state index is 11.9. The van der Waals surface area contributed by atoms with Crippen LogP contribution in [0.15, 0.2) is 0 Å². The number of rotatable bonds is 6. The van der Waals surface area contributed by atoms with E-state index in [1.54, 1.807) is 6.92 Å². The molecule has 116 valence electrons. The molecule has 1 unspecified atom stereocenters. The molecule has 0 radical (unpaired) electrons. The average molecular weight is 306 g/mol. The molecule has 0 aliphatic carbocycles. The largest absolute Gasteiger partial charge is 0.466 e. The van der Waals surface area contributed by atoms with Crippen molar-refractivity contribution >= 4 is 21.9 Å². The zero-order valence-corrected chi connectivity index (χ0v) is 12.7. The standard InChI is InChI=1S/C12H22N2O5S/c1-3-19-11(15)6-7-13-12(16)10-5-4-8-14(9-10)20(2,17)18/h10H,3-9H2,1-2H3,(H,13,16). The number of amides is 1. The minimum absolute atomic E-state index is 0.127. The highest BCUT2D eigenvalue weighted by Gasteiger charge is 2.29. The molecular formula is C12H22N2O5S. The van der Waals surface area contributed by atoms with Crippen LogP contribution < -0.4 is 5.32 Å². The molecule has 7 nitrogen and oxygen atoms in total. The molecule has 1 heterocycles. The third-order valence-corrected chi connectivity index (χ3v) is 4.43. The summed E-state index contributed by atoms with van der Waals surface area (Å²) >= 11 is 0. The number of sulfonamides is 1. The fourth-order valence-corrected chi connectivity index (χ4v) is 3.03. The van der Waals surface area contributed by atoms with Crippen molar-refractivity contribution in [1.82, 2.24) is 9.62 Å². The summed E-state index contributed by atoms with van der Waals surface area (Å²) in [7, 11) is -3.25. The summed E-state index contributed by atoms with van der Waals surface area (Å²) in [5.41, 5.74) is 0. The maximum Gasteiger partial charge on any atom is 0.307 e. The first-order valence-corrected chi connectivity index (χ1v) is 8.58. The lowest BCUT2D eigenvalue weighted by Gasteiger charge is -2.30. The van der Waals surface area contributed by atoms with Gasteiger partial charge in [0, 0.05) is 19.6 Å². The molecule has 0 spiro atoms. The zero-order valence-electron chi connectivity index (χ0n) is 11.9. The maximum absolute atomic E-state index is 11.9. The molecule has 20 heavy (non-hydrogen) atoms. The quantitative estimate of drug-likeness (QED) is 0.682. The number of hydrogen-bond donors (Lipinski definition) is 1. The summed E-state index contributed by atoms with van der Waals surface area (Å²) in [6.45, 7) is 2.93. The van der Waals surface area contributed by atoms with Crippen molar-refractivity contribution in [3.8, 4) is 0 Å². The van der Waals surface area contributed by atoms with Gasteiger partial charge in [0.05, 0.1) is 25.2 Å². The monoisotopic (exact) mass is 306 g/mol. The molecule has 0 aromatic rings. The highest BCUT2D eigenvalue weighted by atomic mass is 32.2. The van der Waals surface area contributed by atoms with Crippen LogP contribution >= 0.6 is 0 Å². The Hall–Kier alpha value is -1.15. The number of piperidine rings is 1. The van der Waals surface area contributed by atoms with E-state index in [9.17, 15) is 18.0 Å². The second-order valence-corrected chi connectivity index (χ2v) is 6.79. The van der Waals surface area contributed by atoms with Crippen LogP contribution in [0.3, 0.4) is 0 Å². The lowest BCUT2D eigenvalue weighted by Crippen LogP contribution is -2.45. The number of nitrogens with one attached hydrogen (secondary N) is 1. The summed E-state index contributed by atoms with van der Waals surface area (Å²) in [6.07, 6.45) is 2.61. The van der Waals surface area contributed by atoms with E-state index in [-0.39, 0.29) is 37.3 Å². The highest BCUT2D eigenvalue weighted by Crippen LogP contribution is 2.18. The molecule has 1 aliphatic rings. The van der Waals surface area contributed by atoms with Gasteiger partial charge in [-0.25, -0.2) is 12.7 Å². The van der Waals surface area contributed by atoms with Crippen LogP contribution in [0.2, 0.25) is 0 Å². The summed E-state index contributed by atoms with van der Waals surface area (Å²) in [4.78, 5) is 23.0. The number of ether oxygens (including phenoxy) is 1. The molecule has 0 aromatic heterocycles. The van der Waals surface area contributed by atoms with Gasteiger partial charge in [-0.05, 0) is 19.8 Å². The predicted octanol–water partition coefficient (Wildman–Crippen LogP) is -0.273. The number of carbonyl (C=O) groups is 2. The molecule has 1 N–H and O–H groups in total. The van der Waals surface area contributed by atoms with E-state index in [4.69, 9.17) is 4.74 Å². The van der Waals surface area contributed by atoms with Crippen LogP contribution in [-0.4, -0.2) is 57.1 Å². The van der Waals surface area contributed by atoms with Crippen molar-refractivity contribution in [2.24, 2.45) is 5.92 Å². The van der Waals surface area contributed by atoms with Crippen molar-refractivity contribution in [2.75, 3.05) is 32.5 Å². The van der Waals surface area contributed by atoms with Gasteiger partial charge in [-0.1, -0.05) is 0 Å². The second-order valence-electron chi connectivity index (χ2n) is 4.81. The Morgan fingerprint density at radius 2 is 2.10 bits per heavy atom. The van der Waals surface area contributed by atoms with Crippen LogP contribution in [0.5, 0.6) is 0 Å². The minimum Gasteiger partial charge on any atom is -0.466 e. The topological polar surface area (TPSA) is 92.8 Å². The summed E-state index contributed by atoms with van der Waals surface area (Å²) in [5, 5.41) is 2.65. The van der Waals surface area contributed by atoms with E-state index < -0.39 is 10.0 Å². The highest BCUT2D eigenvalue weighted by molar-refractivity contribution is 7.88. The molecular weight excluding hydrogens is 284 g/mol. The van der Waals surface area contributed by atoms with Crippen LogP contribution in [0, 0.1) is 5.92 Å². The number of carbonyl (C=O) groups excluding carboxylic acids is 2. The third-order valence-electron chi connectivity index (χ3n) is 3.16. The Balaban J connectivity index is 2.38. The van der Waals surface area contributed by atoms with Gasteiger partial charge in [-0.15, -0.1) is 0 Å². The van der Waals surface area contributed by atoms with E-state index in [0.29, 0.717) is 26.0 Å². The van der Waals surface area contributed by atoms with Crippen molar-refractivity contribution < 1.29 is 22.7 Å². The Labute approximate surface area is 119 Å². The summed E-state index contributed by atoms with van der Waals surface area (Å²) in [5.74, 6) is -0.905. The molecule has 1 amide bonds. The van der Waals surface area contributed by atoms with Gasteiger partial charge >= 0.3 is 5.97 Å². The number of esters is 1. The van der Waals surface area contributed by atoms with Gasteiger partial charge in [0.15, 0.2) is 0 Å². The lowest BCUT2D eigenvalue weighted by atomic mass is 9.99. The van der Waals surface area contributed by atoms with Crippen molar-refractivity contribution in [2.45, 2.75) is 26.2 Å². The smallest absolute Gasteiger partial charge is 0.307 e. The van der Waals surface area contributed by atoms with E-state index in [1.165, 1.54) is 4.31 Å². The van der Waals surface area contributed by atoms with Gasteiger partial charge < -0.3 is 10.1 Å². The van der Waals surface area contributed by atoms with Crippen molar-refractivity contribution in [1.29, 1.82) is 0 Å². The van der Waals surface area contributed by atoms with Gasteiger partial charge in [0.25, 0.3) is 0 Å². The first-order chi connectivity index (χ1) is 9.34. The average Bonchev–Trinajstić information content (AvgIpc) is 2.38. The second kappa shape index (κ2) is 7.58.